The fourth-order valence-corrected chi connectivity index (χ4v) is 9.01. The van der Waals surface area contributed by atoms with Crippen molar-refractivity contribution in [2.24, 2.45) is 0 Å². The molecule has 0 amide bonds. The molecule has 3 nitrogen and oxygen atoms in total. The van der Waals surface area contributed by atoms with E-state index in [2.05, 4.69) is 211 Å². The van der Waals surface area contributed by atoms with Gasteiger partial charge in [0, 0.05) is 22.1 Å². The third kappa shape index (κ3) is 5.36. The Morgan fingerprint density at radius 1 is 0.368 bits per heavy atom. The number of aromatic nitrogens is 2. The summed E-state index contributed by atoms with van der Waals surface area (Å²) >= 11 is 0. The van der Waals surface area contributed by atoms with E-state index >= 15 is 0 Å². The summed E-state index contributed by atoms with van der Waals surface area (Å²) in [5, 5.41) is 14.8. The van der Waals surface area contributed by atoms with E-state index in [1.165, 1.54) is 11.1 Å². The van der Waals surface area contributed by atoms with Crippen molar-refractivity contribution in [3.63, 3.8) is 0 Å². The summed E-state index contributed by atoms with van der Waals surface area (Å²) in [6.07, 6.45) is -0.953. The van der Waals surface area contributed by atoms with Gasteiger partial charge >= 0.3 is 0 Å². The van der Waals surface area contributed by atoms with Crippen LogP contribution in [0.15, 0.2) is 206 Å². The predicted molar refractivity (Wildman–Crippen MR) is 236 cm³/mol. The van der Waals surface area contributed by atoms with Crippen LogP contribution in [0.2, 0.25) is 0 Å². The number of rotatable bonds is 6. The SMILES string of the molecule is OC1c2ccc(-c3ccccc3-c3ccccc3)c3cccc(c23)-c2nc3cc(-c4ccccc4-c4ccccc4)cc(-c4ccccc4-c4ccccc4)c3n21. The summed E-state index contributed by atoms with van der Waals surface area (Å²) < 4.78 is 2.06. The smallest absolute Gasteiger partial charge is 0.159 e. The van der Waals surface area contributed by atoms with E-state index in [-0.39, 0.29) is 0 Å². The molecule has 1 aromatic heterocycles. The Labute approximate surface area is 331 Å². The van der Waals surface area contributed by atoms with Crippen molar-refractivity contribution in [2.75, 3.05) is 0 Å². The maximum atomic E-state index is 12.7. The van der Waals surface area contributed by atoms with Gasteiger partial charge in [0.05, 0.1) is 11.0 Å². The lowest BCUT2D eigenvalue weighted by atomic mass is 9.86. The van der Waals surface area contributed by atoms with Crippen molar-refractivity contribution in [1.82, 2.24) is 9.55 Å². The second-order valence-corrected chi connectivity index (χ2v) is 14.7. The van der Waals surface area contributed by atoms with Crippen LogP contribution >= 0.6 is 0 Å². The molecule has 0 aliphatic carbocycles. The molecular formula is C54H36N2O. The summed E-state index contributed by atoms with van der Waals surface area (Å²) in [6, 6.07) is 72.7. The van der Waals surface area contributed by atoms with Gasteiger partial charge in [0.2, 0.25) is 0 Å². The number of benzene rings is 9. The first-order valence-corrected chi connectivity index (χ1v) is 19.5. The summed E-state index contributed by atoms with van der Waals surface area (Å²) in [7, 11) is 0. The molecule has 0 radical (unpaired) electrons. The van der Waals surface area contributed by atoms with Crippen molar-refractivity contribution in [1.29, 1.82) is 0 Å². The van der Waals surface area contributed by atoms with E-state index in [4.69, 9.17) is 4.98 Å². The van der Waals surface area contributed by atoms with Crippen LogP contribution in [0.4, 0.5) is 0 Å². The Kier molecular flexibility index (Phi) is 7.80. The van der Waals surface area contributed by atoms with Crippen LogP contribution in [-0.4, -0.2) is 14.7 Å². The molecule has 0 saturated carbocycles. The molecule has 2 heterocycles. The largest absolute Gasteiger partial charge is 0.369 e. The number of hydrogen-bond acceptors (Lipinski definition) is 2. The molecule has 1 aliphatic heterocycles. The average molecular weight is 729 g/mol. The molecule has 0 fully saturated rings. The standard InChI is InChI=1S/C54H36N2O/c57-54-48-32-31-45(43-27-14-12-24-40(43)36-19-6-2-7-20-36)46-29-16-30-47(51(46)48)53-55-50-34-38(42-26-11-10-23-39(42)35-17-4-1-5-18-35)33-49(52(50)56(53)54)44-28-15-13-25-41(44)37-21-8-3-9-22-37/h1-34,54,57H. The van der Waals surface area contributed by atoms with Crippen LogP contribution in [0.5, 0.6) is 0 Å². The molecule has 11 rings (SSSR count). The third-order valence-corrected chi connectivity index (χ3v) is 11.5. The fraction of sp³-hybridized carbons (Fsp3) is 0.0185. The summed E-state index contributed by atoms with van der Waals surface area (Å²) in [6.45, 7) is 0. The monoisotopic (exact) mass is 728 g/mol. The zero-order chi connectivity index (χ0) is 37.9. The highest BCUT2D eigenvalue weighted by Crippen LogP contribution is 2.49. The van der Waals surface area contributed by atoms with E-state index in [1.807, 2.05) is 0 Å². The molecule has 0 spiro atoms. The summed E-state index contributed by atoms with van der Waals surface area (Å²) in [5.74, 6) is 0.760. The van der Waals surface area contributed by atoms with Gasteiger partial charge in [-0.25, -0.2) is 4.98 Å². The van der Waals surface area contributed by atoms with E-state index in [1.54, 1.807) is 0 Å². The van der Waals surface area contributed by atoms with Gasteiger partial charge in [0.25, 0.3) is 0 Å². The zero-order valence-corrected chi connectivity index (χ0v) is 31.0. The number of nitrogens with zero attached hydrogens (tertiary/aromatic N) is 2. The van der Waals surface area contributed by atoms with Crippen LogP contribution in [0.3, 0.4) is 0 Å². The summed E-state index contributed by atoms with van der Waals surface area (Å²) in [5.41, 5.74) is 17.1. The van der Waals surface area contributed by atoms with Gasteiger partial charge in [-0.05, 0) is 78.7 Å². The maximum Gasteiger partial charge on any atom is 0.159 e. The zero-order valence-electron chi connectivity index (χ0n) is 31.0. The van der Waals surface area contributed by atoms with Crippen LogP contribution in [-0.2, 0) is 0 Å². The van der Waals surface area contributed by atoms with Gasteiger partial charge in [-0.15, -0.1) is 0 Å². The minimum Gasteiger partial charge on any atom is -0.369 e. The van der Waals surface area contributed by atoms with Gasteiger partial charge in [-0.1, -0.05) is 194 Å². The molecule has 0 saturated heterocycles. The van der Waals surface area contributed by atoms with Crippen molar-refractivity contribution >= 4 is 21.8 Å². The molecule has 1 aliphatic rings. The van der Waals surface area contributed by atoms with Crippen molar-refractivity contribution < 1.29 is 5.11 Å². The lowest BCUT2D eigenvalue weighted by molar-refractivity contribution is 0.152. The highest BCUT2D eigenvalue weighted by atomic mass is 16.3. The first-order valence-electron chi connectivity index (χ1n) is 19.5. The Bertz CT molecular complexity index is 3130. The highest BCUT2D eigenvalue weighted by molar-refractivity contribution is 6.10. The topological polar surface area (TPSA) is 38.1 Å². The van der Waals surface area contributed by atoms with Crippen LogP contribution in [0.1, 0.15) is 11.8 Å². The molecule has 1 unspecified atom stereocenters. The van der Waals surface area contributed by atoms with E-state index in [9.17, 15) is 5.11 Å². The number of fused-ring (bicyclic) bond motifs is 4. The Morgan fingerprint density at radius 2 is 0.825 bits per heavy atom. The maximum absolute atomic E-state index is 12.7. The number of aliphatic hydroxyl groups excluding tert-OH is 1. The Hall–Kier alpha value is -7.33. The van der Waals surface area contributed by atoms with Crippen molar-refractivity contribution in [3.05, 3.63) is 212 Å². The average Bonchev–Trinajstić information content (AvgIpc) is 3.69. The Morgan fingerprint density at radius 3 is 1.39 bits per heavy atom. The van der Waals surface area contributed by atoms with Crippen LogP contribution in [0.25, 0.3) is 100.0 Å². The van der Waals surface area contributed by atoms with Crippen molar-refractivity contribution in [3.8, 4) is 78.1 Å². The highest BCUT2D eigenvalue weighted by Gasteiger charge is 2.31. The number of hydrogen-bond donors (Lipinski definition) is 1. The molecule has 1 atom stereocenters. The van der Waals surface area contributed by atoms with Gasteiger partial charge in [-0.3, -0.25) is 4.57 Å². The van der Waals surface area contributed by atoms with Crippen LogP contribution < -0.4 is 0 Å². The normalized spacial score (nSPS) is 13.2. The first kappa shape index (κ1) is 33.0. The van der Waals surface area contributed by atoms with Crippen molar-refractivity contribution in [2.45, 2.75) is 6.23 Å². The predicted octanol–water partition coefficient (Wildman–Crippen LogP) is 13.7. The third-order valence-electron chi connectivity index (χ3n) is 11.5. The van der Waals surface area contributed by atoms with Gasteiger partial charge in [-0.2, -0.15) is 0 Å². The molecule has 268 valence electrons. The molecule has 0 bridgehead atoms. The molecule has 1 N–H and O–H groups in total. The van der Waals surface area contributed by atoms with Gasteiger partial charge in [0.1, 0.15) is 5.82 Å². The van der Waals surface area contributed by atoms with E-state index in [0.29, 0.717) is 0 Å². The molecule has 10 aromatic rings. The minimum absolute atomic E-state index is 0.760. The molecular weight excluding hydrogens is 693 g/mol. The molecule has 57 heavy (non-hydrogen) atoms. The van der Waals surface area contributed by atoms with Gasteiger partial charge < -0.3 is 5.11 Å². The lowest BCUT2D eigenvalue weighted by Crippen LogP contribution is -2.16. The van der Waals surface area contributed by atoms with Crippen LogP contribution in [0, 0.1) is 0 Å². The quantitative estimate of drug-likeness (QED) is 0.185. The molecule has 3 heteroatoms. The van der Waals surface area contributed by atoms with E-state index in [0.717, 1.165) is 94.4 Å². The van der Waals surface area contributed by atoms with Gasteiger partial charge in [0.15, 0.2) is 6.23 Å². The number of aliphatic hydroxyl groups is 1. The number of imidazole rings is 1. The minimum atomic E-state index is -0.953. The first-order chi connectivity index (χ1) is 28.2. The lowest BCUT2D eigenvalue weighted by Gasteiger charge is -2.27. The summed E-state index contributed by atoms with van der Waals surface area (Å²) in [4.78, 5) is 5.48. The fourth-order valence-electron chi connectivity index (χ4n) is 9.01. The second kappa shape index (κ2) is 13.5. The molecule has 9 aromatic carbocycles. The second-order valence-electron chi connectivity index (χ2n) is 14.7. The Balaban J connectivity index is 1.19. The van der Waals surface area contributed by atoms with E-state index < -0.39 is 6.23 Å².